The van der Waals surface area contributed by atoms with Gasteiger partial charge >= 0.3 is 6.18 Å². The van der Waals surface area contributed by atoms with Gasteiger partial charge in [0, 0.05) is 27.3 Å². The molecular formula is C27H19ClF3N5O2S2. The van der Waals surface area contributed by atoms with Gasteiger partial charge in [-0.3, -0.25) is 0 Å². The van der Waals surface area contributed by atoms with E-state index in [-0.39, 0.29) is 46.5 Å². The lowest BCUT2D eigenvalue weighted by Crippen LogP contribution is -2.22. The molecule has 0 aliphatic heterocycles. The number of thioether (sulfide) groups is 1. The smallest absolute Gasteiger partial charge is 0.405 e. The molecule has 0 radical (unpaired) electrons. The van der Waals surface area contributed by atoms with E-state index in [1.807, 2.05) is 23.6 Å². The molecule has 0 amide bonds. The van der Waals surface area contributed by atoms with Crippen LogP contribution in [0.15, 0.2) is 58.9 Å². The van der Waals surface area contributed by atoms with Gasteiger partial charge in [0.15, 0.2) is 0 Å². The Kier molecular flexibility index (Phi) is 9.50. The van der Waals surface area contributed by atoms with Gasteiger partial charge in [-0.05, 0) is 29.8 Å². The molecule has 7 nitrogen and oxygen atoms in total. The summed E-state index contributed by atoms with van der Waals surface area (Å²) in [6.45, 7) is -1.52. The number of thiazole rings is 1. The number of rotatable bonds is 10. The van der Waals surface area contributed by atoms with Gasteiger partial charge in [0.1, 0.15) is 52.5 Å². The summed E-state index contributed by atoms with van der Waals surface area (Å²) in [5.74, 6) is 0.440. The number of nitriles is 2. The first-order valence-electron chi connectivity index (χ1n) is 11.6. The number of aromatic nitrogens is 2. The van der Waals surface area contributed by atoms with Crippen LogP contribution in [-0.4, -0.2) is 41.0 Å². The highest BCUT2D eigenvalue weighted by molar-refractivity contribution is 7.98. The van der Waals surface area contributed by atoms with Crippen LogP contribution in [0.4, 0.5) is 19.0 Å². The molecule has 204 valence electrons. The summed E-state index contributed by atoms with van der Waals surface area (Å²) in [6, 6.07) is 17.5. The lowest BCUT2D eigenvalue weighted by atomic mass is 9.96. The van der Waals surface area contributed by atoms with Gasteiger partial charge in [-0.15, -0.1) is 11.3 Å². The summed E-state index contributed by atoms with van der Waals surface area (Å²) in [5.41, 5.74) is 2.01. The van der Waals surface area contributed by atoms with E-state index in [4.69, 9.17) is 21.4 Å². The molecule has 13 heteroatoms. The number of aliphatic hydroxyl groups is 1. The van der Waals surface area contributed by atoms with Crippen LogP contribution in [-0.2, 0) is 5.75 Å². The minimum absolute atomic E-state index is 0.0521. The molecule has 0 fully saturated rings. The quantitative estimate of drug-likeness (QED) is 0.189. The van der Waals surface area contributed by atoms with Gasteiger partial charge in [-0.1, -0.05) is 47.6 Å². The Bertz CT molecular complexity index is 1560. The standard InChI is InChI=1S/C27H19ClF3N5O2S2/c28-18-5-1-17(2-6-18)25-35-19(13-39-25)14-40-26-22(12-33)23(16-3-7-20(8-4-16)38-10-9-37)21(11-32)24(36-26)34-15-27(29,30)31/h1-8,13,37H,9-10,14-15H2,(H,34,36). The number of anilines is 1. The number of ether oxygens (including phenoxy) is 1. The van der Waals surface area contributed by atoms with Crippen LogP contribution in [0.25, 0.3) is 21.7 Å². The van der Waals surface area contributed by atoms with E-state index in [2.05, 4.69) is 21.4 Å². The lowest BCUT2D eigenvalue weighted by molar-refractivity contribution is -0.115. The van der Waals surface area contributed by atoms with Gasteiger partial charge in [-0.25, -0.2) is 9.97 Å². The summed E-state index contributed by atoms with van der Waals surface area (Å²) >= 11 is 8.51. The zero-order valence-electron chi connectivity index (χ0n) is 20.5. The molecule has 0 saturated carbocycles. The highest BCUT2D eigenvalue weighted by Gasteiger charge is 2.29. The van der Waals surface area contributed by atoms with E-state index in [9.17, 15) is 23.7 Å². The third-order valence-corrected chi connectivity index (χ3v) is 7.55. The van der Waals surface area contributed by atoms with Gasteiger partial charge < -0.3 is 15.2 Å². The maximum Gasteiger partial charge on any atom is 0.405 e. The average molecular weight is 602 g/mol. The topological polar surface area (TPSA) is 115 Å². The van der Waals surface area contributed by atoms with Crippen molar-refractivity contribution in [1.82, 2.24) is 9.97 Å². The molecule has 0 saturated heterocycles. The summed E-state index contributed by atoms with van der Waals surface area (Å²) in [6.07, 6.45) is -4.56. The second kappa shape index (κ2) is 13.0. The van der Waals surface area contributed by atoms with Crippen molar-refractivity contribution in [3.63, 3.8) is 0 Å². The van der Waals surface area contributed by atoms with Crippen LogP contribution in [0.3, 0.4) is 0 Å². The number of pyridine rings is 1. The van der Waals surface area contributed by atoms with E-state index in [1.165, 1.54) is 11.3 Å². The zero-order chi connectivity index (χ0) is 28.7. The fourth-order valence-electron chi connectivity index (χ4n) is 3.60. The van der Waals surface area contributed by atoms with E-state index < -0.39 is 12.7 Å². The van der Waals surface area contributed by atoms with Crippen LogP contribution in [0.5, 0.6) is 5.75 Å². The van der Waals surface area contributed by atoms with E-state index in [0.717, 1.165) is 22.3 Å². The largest absolute Gasteiger partial charge is 0.491 e. The summed E-state index contributed by atoms with van der Waals surface area (Å²) in [5, 5.41) is 34.5. The van der Waals surface area contributed by atoms with Crippen molar-refractivity contribution in [2.24, 2.45) is 0 Å². The number of hydrogen-bond acceptors (Lipinski definition) is 9. The highest BCUT2D eigenvalue weighted by atomic mass is 35.5. The van der Waals surface area contributed by atoms with Crippen LogP contribution in [0.1, 0.15) is 16.8 Å². The predicted octanol–water partition coefficient (Wildman–Crippen LogP) is 6.91. The maximum atomic E-state index is 13.0. The van der Waals surface area contributed by atoms with Crippen molar-refractivity contribution in [1.29, 1.82) is 10.5 Å². The number of nitrogens with one attached hydrogen (secondary N) is 1. The Morgan fingerprint density at radius 3 is 2.30 bits per heavy atom. The number of halogens is 4. The Balaban J connectivity index is 1.71. The molecule has 4 aromatic rings. The fraction of sp³-hybridized carbons (Fsp3) is 0.185. The summed E-state index contributed by atoms with van der Waals surface area (Å²) < 4.78 is 44.5. The van der Waals surface area contributed by atoms with Crippen LogP contribution < -0.4 is 10.1 Å². The van der Waals surface area contributed by atoms with Gasteiger partial charge in [0.05, 0.1) is 17.9 Å². The highest BCUT2D eigenvalue weighted by Crippen LogP contribution is 2.38. The monoisotopic (exact) mass is 601 g/mol. The second-order valence-electron chi connectivity index (χ2n) is 8.12. The number of aliphatic hydroxyl groups excluding tert-OH is 1. The predicted molar refractivity (Wildman–Crippen MR) is 148 cm³/mol. The van der Waals surface area contributed by atoms with Gasteiger partial charge in [0.2, 0.25) is 0 Å². The maximum absolute atomic E-state index is 13.0. The van der Waals surface area contributed by atoms with Crippen molar-refractivity contribution in [2.75, 3.05) is 25.1 Å². The van der Waals surface area contributed by atoms with E-state index >= 15 is 0 Å². The molecule has 0 unspecified atom stereocenters. The van der Waals surface area contributed by atoms with Crippen LogP contribution in [0.2, 0.25) is 5.02 Å². The average Bonchev–Trinajstić information content (AvgIpc) is 3.42. The van der Waals surface area contributed by atoms with Crippen molar-refractivity contribution in [2.45, 2.75) is 17.0 Å². The van der Waals surface area contributed by atoms with E-state index in [1.54, 1.807) is 36.4 Å². The molecule has 0 aliphatic rings. The van der Waals surface area contributed by atoms with E-state index in [0.29, 0.717) is 22.0 Å². The first-order chi connectivity index (χ1) is 19.2. The first-order valence-corrected chi connectivity index (χ1v) is 13.8. The third-order valence-electron chi connectivity index (χ3n) is 5.35. The molecule has 4 rings (SSSR count). The Morgan fingerprint density at radius 1 is 1.00 bits per heavy atom. The van der Waals surface area contributed by atoms with Gasteiger partial charge in [-0.2, -0.15) is 23.7 Å². The Morgan fingerprint density at radius 2 is 1.68 bits per heavy atom. The number of alkyl halides is 3. The molecule has 2 N–H and O–H groups in total. The summed E-state index contributed by atoms with van der Waals surface area (Å²) in [7, 11) is 0. The number of hydrogen-bond donors (Lipinski definition) is 2. The first kappa shape index (κ1) is 29.2. The minimum atomic E-state index is -4.56. The molecule has 0 spiro atoms. The Hall–Kier alpha value is -3.81. The summed E-state index contributed by atoms with van der Waals surface area (Å²) in [4.78, 5) is 8.88. The third kappa shape index (κ3) is 7.23. The molecule has 0 bridgehead atoms. The molecular weight excluding hydrogens is 583 g/mol. The lowest BCUT2D eigenvalue weighted by Gasteiger charge is -2.17. The van der Waals surface area contributed by atoms with Crippen LogP contribution in [0, 0.1) is 22.7 Å². The number of benzene rings is 2. The molecule has 0 aliphatic carbocycles. The van der Waals surface area contributed by atoms with Crippen molar-refractivity contribution < 1.29 is 23.0 Å². The minimum Gasteiger partial charge on any atom is -0.491 e. The van der Waals surface area contributed by atoms with Crippen molar-refractivity contribution in [3.05, 3.63) is 75.8 Å². The SMILES string of the molecule is N#Cc1c(NCC(F)(F)F)nc(SCc2csc(-c3ccc(Cl)cc3)n2)c(C#N)c1-c1ccc(OCCO)cc1. The zero-order valence-corrected chi connectivity index (χ0v) is 22.9. The fourth-order valence-corrected chi connectivity index (χ4v) is 5.54. The second-order valence-corrected chi connectivity index (χ2v) is 10.4. The number of nitrogens with zero attached hydrogens (tertiary/aromatic N) is 4. The van der Waals surface area contributed by atoms with Gasteiger partial charge in [0.25, 0.3) is 0 Å². The van der Waals surface area contributed by atoms with Crippen molar-refractivity contribution >= 4 is 40.5 Å². The van der Waals surface area contributed by atoms with Crippen LogP contribution >= 0.6 is 34.7 Å². The molecule has 0 atom stereocenters. The normalized spacial score (nSPS) is 11.1. The Labute approximate surface area is 240 Å². The molecule has 40 heavy (non-hydrogen) atoms. The molecule has 2 heterocycles. The molecule has 2 aromatic heterocycles. The molecule has 2 aromatic carbocycles. The van der Waals surface area contributed by atoms with Crippen molar-refractivity contribution in [3.8, 4) is 39.6 Å².